The molecule has 0 N–H and O–H groups in total. The fourth-order valence-electron chi connectivity index (χ4n) is 1.87. The molecule has 0 unspecified atom stereocenters. The van der Waals surface area contributed by atoms with Crippen molar-refractivity contribution in [1.82, 2.24) is 0 Å². The molecular formula is C14H24Si2. The van der Waals surface area contributed by atoms with E-state index in [1.807, 2.05) is 0 Å². The van der Waals surface area contributed by atoms with Crippen LogP contribution in [0.3, 0.4) is 0 Å². The maximum Gasteiger partial charge on any atom is 0.0816 e. The van der Waals surface area contributed by atoms with E-state index in [-0.39, 0.29) is 0 Å². The van der Waals surface area contributed by atoms with Gasteiger partial charge in [0, 0.05) is 0 Å². The van der Waals surface area contributed by atoms with Crippen LogP contribution in [0, 0.1) is 0 Å². The maximum absolute atomic E-state index is 3.98. The third kappa shape index (κ3) is 2.74. The predicted molar refractivity (Wildman–Crippen MR) is 81.1 cm³/mol. The molecular weight excluding hydrogens is 224 g/mol. The first-order chi connectivity index (χ1) is 7.33. The van der Waals surface area contributed by atoms with E-state index in [1.165, 1.54) is 0 Å². The van der Waals surface area contributed by atoms with Crippen LogP contribution in [-0.4, -0.2) is 16.1 Å². The zero-order chi connectivity index (χ0) is 12.4. The molecule has 0 aromatic heterocycles. The van der Waals surface area contributed by atoms with Gasteiger partial charge in [-0.3, -0.25) is 0 Å². The number of hydrogen-bond donors (Lipinski definition) is 0. The first-order valence-corrected chi connectivity index (χ1v) is 12.3. The summed E-state index contributed by atoms with van der Waals surface area (Å²) in [6.45, 7) is 17.4. The maximum atomic E-state index is 3.98. The standard InChI is InChI=1S/C14H24Si2/c1-7-15(3,4)13-9-11-14(12-10-13)16(5,6)8-2/h7-14H,1-2H2,3-6H3. The van der Waals surface area contributed by atoms with E-state index in [0.29, 0.717) is 11.1 Å². The molecule has 1 aliphatic carbocycles. The highest BCUT2D eigenvalue weighted by molar-refractivity contribution is 6.85. The molecule has 0 aromatic carbocycles. The van der Waals surface area contributed by atoms with E-state index >= 15 is 0 Å². The summed E-state index contributed by atoms with van der Waals surface area (Å²) >= 11 is 0. The highest BCUT2D eigenvalue weighted by Crippen LogP contribution is 2.36. The van der Waals surface area contributed by atoms with Gasteiger partial charge in [0.1, 0.15) is 0 Å². The molecule has 0 heterocycles. The molecule has 0 amide bonds. The fourth-order valence-corrected chi connectivity index (χ4v) is 4.84. The van der Waals surface area contributed by atoms with E-state index < -0.39 is 16.1 Å². The van der Waals surface area contributed by atoms with Gasteiger partial charge in [0.05, 0.1) is 16.1 Å². The molecule has 0 fully saturated rings. The molecule has 88 valence electrons. The lowest BCUT2D eigenvalue weighted by Crippen LogP contribution is -2.32. The van der Waals surface area contributed by atoms with Crippen LogP contribution in [0.25, 0.3) is 0 Å². The lowest BCUT2D eigenvalue weighted by Gasteiger charge is -2.31. The third-order valence-electron chi connectivity index (χ3n) is 3.82. The van der Waals surface area contributed by atoms with Crippen LogP contribution in [0.5, 0.6) is 0 Å². The Morgan fingerprint density at radius 1 is 0.750 bits per heavy atom. The van der Waals surface area contributed by atoms with Crippen molar-refractivity contribution in [2.75, 3.05) is 0 Å². The van der Waals surface area contributed by atoms with Crippen LogP contribution in [0.1, 0.15) is 0 Å². The molecule has 0 aliphatic heterocycles. The molecule has 2 heteroatoms. The van der Waals surface area contributed by atoms with Crippen molar-refractivity contribution >= 4 is 16.1 Å². The normalized spacial score (nSPS) is 25.5. The van der Waals surface area contributed by atoms with E-state index in [2.05, 4.69) is 75.0 Å². The van der Waals surface area contributed by atoms with Crippen molar-refractivity contribution in [3.05, 3.63) is 48.9 Å². The zero-order valence-corrected chi connectivity index (χ0v) is 13.0. The summed E-state index contributed by atoms with van der Waals surface area (Å²) in [6.07, 6.45) is 9.60. The minimum absolute atomic E-state index is 0.621. The quantitative estimate of drug-likeness (QED) is 0.499. The summed E-state index contributed by atoms with van der Waals surface area (Å²) in [5.74, 6) is 0. The van der Waals surface area contributed by atoms with Crippen LogP contribution in [-0.2, 0) is 0 Å². The van der Waals surface area contributed by atoms with Crippen molar-refractivity contribution in [2.24, 2.45) is 0 Å². The second kappa shape index (κ2) is 4.72. The van der Waals surface area contributed by atoms with Crippen LogP contribution in [0.15, 0.2) is 48.9 Å². The molecule has 0 spiro atoms. The summed E-state index contributed by atoms with van der Waals surface area (Å²) in [5.41, 5.74) is 5.61. The Balaban J connectivity index is 2.81. The van der Waals surface area contributed by atoms with E-state index in [4.69, 9.17) is 0 Å². The van der Waals surface area contributed by atoms with Gasteiger partial charge in [-0.05, 0) is 11.1 Å². The van der Waals surface area contributed by atoms with Gasteiger partial charge in [0.2, 0.25) is 0 Å². The first-order valence-electron chi connectivity index (χ1n) is 5.97. The summed E-state index contributed by atoms with van der Waals surface area (Å²) in [7, 11) is -2.59. The Labute approximate surface area is 102 Å². The lowest BCUT2D eigenvalue weighted by molar-refractivity contribution is 1.14. The van der Waals surface area contributed by atoms with Gasteiger partial charge in [-0.15, -0.1) is 24.6 Å². The topological polar surface area (TPSA) is 0 Å². The smallest absolute Gasteiger partial charge is 0.0816 e. The second-order valence-electron chi connectivity index (χ2n) is 5.87. The van der Waals surface area contributed by atoms with Crippen molar-refractivity contribution in [3.8, 4) is 0 Å². The molecule has 0 saturated heterocycles. The van der Waals surface area contributed by atoms with Gasteiger partial charge < -0.3 is 0 Å². The predicted octanol–water partition coefficient (Wildman–Crippen LogP) is 4.72. The minimum atomic E-state index is -1.30. The Kier molecular flexibility index (Phi) is 3.97. The zero-order valence-electron chi connectivity index (χ0n) is 11.0. The molecule has 0 aromatic rings. The number of rotatable bonds is 4. The monoisotopic (exact) mass is 248 g/mol. The van der Waals surface area contributed by atoms with E-state index in [9.17, 15) is 0 Å². The molecule has 0 bridgehead atoms. The largest absolute Gasteiger partial charge is 0.107 e. The van der Waals surface area contributed by atoms with Crippen LogP contribution in [0.4, 0.5) is 0 Å². The Bertz CT molecular complexity index is 289. The lowest BCUT2D eigenvalue weighted by atomic mass is 10.2. The molecule has 1 rings (SSSR count). The molecule has 0 saturated carbocycles. The van der Waals surface area contributed by atoms with E-state index in [1.54, 1.807) is 0 Å². The van der Waals surface area contributed by atoms with Gasteiger partial charge in [-0.2, -0.15) is 0 Å². The van der Waals surface area contributed by atoms with Crippen molar-refractivity contribution < 1.29 is 0 Å². The third-order valence-corrected chi connectivity index (χ3v) is 10.1. The Hall–Kier alpha value is -0.606. The molecule has 0 radical (unpaired) electrons. The SMILES string of the molecule is C=C[Si](C)(C)C1C=CC([Si](C)(C)C=C)C=C1. The van der Waals surface area contributed by atoms with E-state index in [0.717, 1.165) is 0 Å². The van der Waals surface area contributed by atoms with Crippen molar-refractivity contribution in [2.45, 2.75) is 37.3 Å². The molecule has 1 aliphatic rings. The number of hydrogen-bond acceptors (Lipinski definition) is 0. The van der Waals surface area contributed by atoms with Crippen molar-refractivity contribution in [1.29, 1.82) is 0 Å². The number of allylic oxidation sites excluding steroid dienone is 4. The summed E-state index contributed by atoms with van der Waals surface area (Å²) in [6, 6.07) is 0. The fraction of sp³-hybridized carbons (Fsp3) is 0.429. The van der Waals surface area contributed by atoms with Gasteiger partial charge in [0.25, 0.3) is 0 Å². The molecule has 0 atom stereocenters. The average molecular weight is 249 g/mol. The summed E-state index contributed by atoms with van der Waals surface area (Å²) in [4.78, 5) is 0. The van der Waals surface area contributed by atoms with Crippen LogP contribution in [0.2, 0.25) is 37.3 Å². The average Bonchev–Trinajstić information content (AvgIpc) is 2.29. The van der Waals surface area contributed by atoms with Gasteiger partial charge in [-0.1, -0.05) is 50.5 Å². The molecule has 16 heavy (non-hydrogen) atoms. The molecule has 0 nitrogen and oxygen atoms in total. The van der Waals surface area contributed by atoms with Gasteiger partial charge >= 0.3 is 0 Å². The van der Waals surface area contributed by atoms with Gasteiger partial charge in [0.15, 0.2) is 0 Å². The van der Waals surface area contributed by atoms with Crippen LogP contribution < -0.4 is 0 Å². The summed E-state index contributed by atoms with van der Waals surface area (Å²) < 4.78 is 0. The highest BCUT2D eigenvalue weighted by Gasteiger charge is 2.30. The minimum Gasteiger partial charge on any atom is -0.107 e. The highest BCUT2D eigenvalue weighted by atomic mass is 28.3. The van der Waals surface area contributed by atoms with Crippen LogP contribution >= 0.6 is 0 Å². The van der Waals surface area contributed by atoms with Gasteiger partial charge in [-0.25, -0.2) is 0 Å². The second-order valence-corrected chi connectivity index (χ2v) is 15.3. The first kappa shape index (κ1) is 13.5. The Morgan fingerprint density at radius 3 is 1.19 bits per heavy atom. The Morgan fingerprint density at radius 2 is 1.00 bits per heavy atom. The summed E-state index contributed by atoms with van der Waals surface area (Å²) in [5, 5.41) is 0. The van der Waals surface area contributed by atoms with Crippen molar-refractivity contribution in [3.63, 3.8) is 0 Å².